The third-order valence-electron chi connectivity index (χ3n) is 3.79. The highest BCUT2D eigenvalue weighted by Gasteiger charge is 2.21. The van der Waals surface area contributed by atoms with Gasteiger partial charge in [-0.15, -0.1) is 0 Å². The molecule has 0 unspecified atom stereocenters. The van der Waals surface area contributed by atoms with Gasteiger partial charge in [0.1, 0.15) is 18.9 Å². The molecule has 2 aromatic rings. The molecule has 8 heteroatoms. The number of ether oxygens (including phenoxy) is 1. The highest BCUT2D eigenvalue weighted by molar-refractivity contribution is 7.92. The SMILES string of the molecule is Cc1ccccc1OC[C@@H](C)NC(=O)CN(c1ccc(Cl)cc1)S(C)(=O)=O. The van der Waals surface area contributed by atoms with E-state index in [-0.39, 0.29) is 19.2 Å². The van der Waals surface area contributed by atoms with Crippen LogP contribution < -0.4 is 14.4 Å². The number of carbonyl (C=O) groups excluding carboxylic acids is 1. The topological polar surface area (TPSA) is 75.7 Å². The van der Waals surface area contributed by atoms with Gasteiger partial charge in [-0.2, -0.15) is 0 Å². The van der Waals surface area contributed by atoms with Gasteiger partial charge in [0.15, 0.2) is 0 Å². The Morgan fingerprint density at radius 2 is 1.81 bits per heavy atom. The van der Waals surface area contributed by atoms with Crippen molar-refractivity contribution in [2.24, 2.45) is 0 Å². The summed E-state index contributed by atoms with van der Waals surface area (Å²) in [6.45, 7) is 3.68. The molecule has 1 atom stereocenters. The lowest BCUT2D eigenvalue weighted by atomic mass is 10.2. The number of para-hydroxylation sites is 1. The van der Waals surface area contributed by atoms with Gasteiger partial charge in [-0.25, -0.2) is 8.42 Å². The average Bonchev–Trinajstić information content (AvgIpc) is 2.59. The van der Waals surface area contributed by atoms with Crippen molar-refractivity contribution in [2.75, 3.05) is 23.7 Å². The van der Waals surface area contributed by atoms with Crippen LogP contribution in [-0.4, -0.2) is 39.8 Å². The van der Waals surface area contributed by atoms with Gasteiger partial charge in [0.25, 0.3) is 0 Å². The van der Waals surface area contributed by atoms with E-state index in [1.165, 1.54) is 0 Å². The number of anilines is 1. The number of halogens is 1. The highest BCUT2D eigenvalue weighted by atomic mass is 35.5. The molecule has 0 aliphatic carbocycles. The summed E-state index contributed by atoms with van der Waals surface area (Å²) in [7, 11) is -3.62. The summed E-state index contributed by atoms with van der Waals surface area (Å²) in [6, 6.07) is 13.6. The van der Waals surface area contributed by atoms with E-state index in [4.69, 9.17) is 16.3 Å². The first-order valence-electron chi connectivity index (χ1n) is 8.38. The Morgan fingerprint density at radius 1 is 1.19 bits per heavy atom. The van der Waals surface area contributed by atoms with Gasteiger partial charge in [0.2, 0.25) is 15.9 Å². The molecule has 0 saturated carbocycles. The van der Waals surface area contributed by atoms with E-state index in [2.05, 4.69) is 5.32 Å². The van der Waals surface area contributed by atoms with Gasteiger partial charge >= 0.3 is 0 Å². The van der Waals surface area contributed by atoms with E-state index in [0.717, 1.165) is 21.9 Å². The molecule has 1 N–H and O–H groups in total. The molecule has 0 aliphatic heterocycles. The molecule has 0 spiro atoms. The number of hydrogen-bond donors (Lipinski definition) is 1. The molecule has 0 aliphatic rings. The smallest absolute Gasteiger partial charge is 0.241 e. The zero-order valence-electron chi connectivity index (χ0n) is 15.5. The number of carbonyl (C=O) groups is 1. The van der Waals surface area contributed by atoms with Crippen LogP contribution in [-0.2, 0) is 14.8 Å². The van der Waals surface area contributed by atoms with Gasteiger partial charge < -0.3 is 10.1 Å². The van der Waals surface area contributed by atoms with Crippen molar-refractivity contribution in [1.29, 1.82) is 0 Å². The highest BCUT2D eigenvalue weighted by Crippen LogP contribution is 2.20. The molecule has 0 fully saturated rings. The monoisotopic (exact) mass is 410 g/mol. The number of aryl methyl sites for hydroxylation is 1. The van der Waals surface area contributed by atoms with Crippen LogP contribution in [0.3, 0.4) is 0 Å². The predicted molar refractivity (Wildman–Crippen MR) is 108 cm³/mol. The Bertz CT molecular complexity index is 885. The maximum atomic E-state index is 12.3. The second kappa shape index (κ2) is 9.10. The maximum Gasteiger partial charge on any atom is 0.241 e. The Labute approximate surface area is 165 Å². The van der Waals surface area contributed by atoms with Crippen LogP contribution in [0.2, 0.25) is 5.02 Å². The summed E-state index contributed by atoms with van der Waals surface area (Å²) in [5.74, 6) is 0.328. The Kier molecular flexibility index (Phi) is 7.10. The quantitative estimate of drug-likeness (QED) is 0.725. The van der Waals surface area contributed by atoms with Crippen LogP contribution in [0, 0.1) is 6.92 Å². The molecule has 0 bridgehead atoms. The summed E-state index contributed by atoms with van der Waals surface area (Å²) >= 11 is 5.84. The zero-order valence-corrected chi connectivity index (χ0v) is 17.0. The first-order valence-corrected chi connectivity index (χ1v) is 10.6. The van der Waals surface area contributed by atoms with Crippen molar-refractivity contribution in [1.82, 2.24) is 5.32 Å². The summed E-state index contributed by atoms with van der Waals surface area (Å²) < 4.78 is 30.9. The summed E-state index contributed by atoms with van der Waals surface area (Å²) in [5, 5.41) is 3.24. The number of amides is 1. The lowest BCUT2D eigenvalue weighted by Crippen LogP contribution is -2.44. The minimum absolute atomic E-state index is 0.274. The van der Waals surface area contributed by atoms with E-state index < -0.39 is 15.9 Å². The molecule has 0 saturated heterocycles. The second-order valence-corrected chi connectivity index (χ2v) is 8.63. The fourth-order valence-corrected chi connectivity index (χ4v) is 3.42. The normalized spacial score (nSPS) is 12.3. The average molecular weight is 411 g/mol. The Balaban J connectivity index is 1.97. The van der Waals surface area contributed by atoms with Crippen molar-refractivity contribution >= 4 is 33.2 Å². The second-order valence-electron chi connectivity index (χ2n) is 6.29. The fraction of sp³-hybridized carbons (Fsp3) is 0.316. The molecule has 1 amide bonds. The maximum absolute atomic E-state index is 12.3. The van der Waals surface area contributed by atoms with Crippen molar-refractivity contribution in [3.8, 4) is 5.75 Å². The van der Waals surface area contributed by atoms with E-state index in [1.54, 1.807) is 31.2 Å². The molecular weight excluding hydrogens is 388 g/mol. The standard InChI is InChI=1S/C19H23ClN2O4S/c1-14-6-4-5-7-18(14)26-13-15(2)21-19(23)12-22(27(3,24)25)17-10-8-16(20)9-11-17/h4-11,15H,12-13H2,1-3H3,(H,21,23)/t15-/m1/s1. The van der Waals surface area contributed by atoms with Crippen LogP contribution in [0.15, 0.2) is 48.5 Å². The number of sulfonamides is 1. The third-order valence-corrected chi connectivity index (χ3v) is 5.18. The molecule has 2 rings (SSSR count). The van der Waals surface area contributed by atoms with E-state index >= 15 is 0 Å². The van der Waals surface area contributed by atoms with Crippen LogP contribution in [0.5, 0.6) is 5.75 Å². The molecule has 146 valence electrons. The summed E-state index contributed by atoms with van der Waals surface area (Å²) in [5.41, 5.74) is 1.38. The minimum Gasteiger partial charge on any atom is -0.491 e. The fourth-order valence-electron chi connectivity index (χ4n) is 2.43. The third kappa shape index (κ3) is 6.45. The van der Waals surface area contributed by atoms with Crippen molar-refractivity contribution in [3.05, 3.63) is 59.1 Å². The van der Waals surface area contributed by atoms with Crippen LogP contribution in [0.1, 0.15) is 12.5 Å². The van der Waals surface area contributed by atoms with Crippen molar-refractivity contribution in [2.45, 2.75) is 19.9 Å². The van der Waals surface area contributed by atoms with E-state index in [0.29, 0.717) is 10.7 Å². The van der Waals surface area contributed by atoms with Gasteiger partial charge in [-0.3, -0.25) is 9.10 Å². The van der Waals surface area contributed by atoms with Crippen LogP contribution in [0.4, 0.5) is 5.69 Å². The first-order chi connectivity index (χ1) is 12.7. The number of hydrogen-bond acceptors (Lipinski definition) is 4. The van der Waals surface area contributed by atoms with Crippen LogP contribution in [0.25, 0.3) is 0 Å². The molecule has 6 nitrogen and oxygen atoms in total. The van der Waals surface area contributed by atoms with E-state index in [9.17, 15) is 13.2 Å². The summed E-state index contributed by atoms with van der Waals surface area (Å²) in [6.07, 6.45) is 1.06. The van der Waals surface area contributed by atoms with Gasteiger partial charge in [0.05, 0.1) is 18.0 Å². The summed E-state index contributed by atoms with van der Waals surface area (Å²) in [4.78, 5) is 12.3. The Hall–Kier alpha value is -2.25. The largest absolute Gasteiger partial charge is 0.491 e. The lowest BCUT2D eigenvalue weighted by molar-refractivity contribution is -0.120. The van der Waals surface area contributed by atoms with Crippen LogP contribution >= 0.6 is 11.6 Å². The van der Waals surface area contributed by atoms with Crippen molar-refractivity contribution in [3.63, 3.8) is 0 Å². The first kappa shape index (κ1) is 21.1. The number of nitrogens with one attached hydrogen (secondary N) is 1. The zero-order chi connectivity index (χ0) is 20.0. The molecule has 2 aromatic carbocycles. The molecule has 27 heavy (non-hydrogen) atoms. The van der Waals surface area contributed by atoms with E-state index in [1.807, 2.05) is 31.2 Å². The Morgan fingerprint density at radius 3 is 2.41 bits per heavy atom. The molecule has 0 radical (unpaired) electrons. The predicted octanol–water partition coefficient (Wildman–Crippen LogP) is 3.00. The molecule has 0 heterocycles. The molecule has 0 aromatic heterocycles. The minimum atomic E-state index is -3.62. The number of nitrogens with zero attached hydrogens (tertiary/aromatic N) is 1. The number of rotatable bonds is 8. The van der Waals surface area contributed by atoms with Gasteiger partial charge in [-0.05, 0) is 49.7 Å². The van der Waals surface area contributed by atoms with Gasteiger partial charge in [0, 0.05) is 5.02 Å². The molecular formula is C19H23ClN2O4S. The van der Waals surface area contributed by atoms with Crippen molar-refractivity contribution < 1.29 is 17.9 Å². The van der Waals surface area contributed by atoms with Gasteiger partial charge in [-0.1, -0.05) is 29.8 Å². The number of benzene rings is 2. The lowest BCUT2D eigenvalue weighted by Gasteiger charge is -2.23.